The normalized spacial score (nSPS) is 15.5. The minimum Gasteiger partial charge on any atom is -0.459 e. The highest BCUT2D eigenvalue weighted by Gasteiger charge is 2.39. The van der Waals surface area contributed by atoms with E-state index in [0.29, 0.717) is 25.1 Å². The van der Waals surface area contributed by atoms with Gasteiger partial charge in [0.15, 0.2) is 5.76 Å². The number of carbonyl (C=O) groups excluding carboxylic acids is 3. The van der Waals surface area contributed by atoms with E-state index in [1.807, 2.05) is 12.1 Å². The van der Waals surface area contributed by atoms with E-state index in [2.05, 4.69) is 16.0 Å². The summed E-state index contributed by atoms with van der Waals surface area (Å²) in [7, 11) is 0. The maximum atomic E-state index is 12.8. The zero-order chi connectivity index (χ0) is 20.0. The fourth-order valence-electron chi connectivity index (χ4n) is 3.56. The zero-order valence-electron chi connectivity index (χ0n) is 15.9. The van der Waals surface area contributed by atoms with Crippen LogP contribution >= 0.6 is 0 Å². The van der Waals surface area contributed by atoms with Crippen LogP contribution in [0.3, 0.4) is 0 Å². The highest BCUT2D eigenvalue weighted by atomic mass is 16.3. The monoisotopic (exact) mass is 383 g/mol. The lowest BCUT2D eigenvalue weighted by molar-refractivity contribution is -0.134. The Labute approximate surface area is 163 Å². The highest BCUT2D eigenvalue weighted by molar-refractivity contribution is 6.02. The summed E-state index contributed by atoms with van der Waals surface area (Å²) < 4.78 is 5.06. The second-order valence-corrected chi connectivity index (χ2v) is 7.13. The minimum absolute atomic E-state index is 0.141. The Morgan fingerprint density at radius 2 is 1.75 bits per heavy atom. The Hall–Kier alpha value is -3.09. The van der Waals surface area contributed by atoms with Crippen molar-refractivity contribution in [2.24, 2.45) is 0 Å². The molecule has 1 heterocycles. The van der Waals surface area contributed by atoms with Gasteiger partial charge in [-0.15, -0.1) is 0 Å². The molecule has 7 heteroatoms. The molecule has 1 fully saturated rings. The summed E-state index contributed by atoms with van der Waals surface area (Å²) in [5.74, 6) is -0.404. The largest absolute Gasteiger partial charge is 0.459 e. The topological polar surface area (TPSA) is 100 Å². The number of hydrogen-bond acceptors (Lipinski definition) is 4. The van der Waals surface area contributed by atoms with E-state index in [1.54, 1.807) is 24.3 Å². The summed E-state index contributed by atoms with van der Waals surface area (Å²) >= 11 is 0. The second-order valence-electron chi connectivity index (χ2n) is 7.13. The van der Waals surface area contributed by atoms with Gasteiger partial charge in [-0.2, -0.15) is 0 Å². The van der Waals surface area contributed by atoms with Gasteiger partial charge in [-0.25, -0.2) is 0 Å². The van der Waals surface area contributed by atoms with Crippen LogP contribution < -0.4 is 16.0 Å². The Morgan fingerprint density at radius 1 is 1.04 bits per heavy atom. The lowest BCUT2D eigenvalue weighted by Crippen LogP contribution is -2.59. The van der Waals surface area contributed by atoms with Gasteiger partial charge in [0.1, 0.15) is 5.54 Å². The molecule has 0 saturated heterocycles. The van der Waals surface area contributed by atoms with E-state index < -0.39 is 5.54 Å². The summed E-state index contributed by atoms with van der Waals surface area (Å²) in [5.41, 5.74) is 0.734. The minimum atomic E-state index is -0.805. The standard InChI is InChI=1S/C21H25N3O4/c1-15(25)24-21(11-3-2-4-12-21)20(27)22-14-16-7-9-17(10-8-16)23-19(26)18-6-5-13-28-18/h5-10,13H,2-4,11-12,14H2,1H3,(H,22,27)(H,23,26)(H,24,25). The Bertz CT molecular complexity index is 822. The van der Waals surface area contributed by atoms with Gasteiger partial charge in [-0.05, 0) is 42.7 Å². The lowest BCUT2D eigenvalue weighted by atomic mass is 9.80. The summed E-state index contributed by atoms with van der Waals surface area (Å²) in [6, 6.07) is 10.5. The van der Waals surface area contributed by atoms with Crippen LogP contribution in [0.25, 0.3) is 0 Å². The van der Waals surface area contributed by atoms with E-state index in [-0.39, 0.29) is 23.5 Å². The molecule has 2 aromatic rings. The summed E-state index contributed by atoms with van der Waals surface area (Å²) in [5, 5.41) is 8.56. The van der Waals surface area contributed by atoms with E-state index in [4.69, 9.17) is 4.42 Å². The van der Waals surface area contributed by atoms with Crippen molar-refractivity contribution in [3.63, 3.8) is 0 Å². The van der Waals surface area contributed by atoms with Crippen molar-refractivity contribution in [3.8, 4) is 0 Å². The van der Waals surface area contributed by atoms with Crippen LogP contribution in [0.4, 0.5) is 5.69 Å². The third-order valence-corrected chi connectivity index (χ3v) is 4.97. The van der Waals surface area contributed by atoms with Gasteiger partial charge in [-0.3, -0.25) is 14.4 Å². The molecule has 3 N–H and O–H groups in total. The van der Waals surface area contributed by atoms with Gasteiger partial charge in [0.25, 0.3) is 5.91 Å². The quantitative estimate of drug-likeness (QED) is 0.714. The molecule has 28 heavy (non-hydrogen) atoms. The molecule has 0 spiro atoms. The number of rotatable bonds is 6. The molecule has 0 bridgehead atoms. The first-order chi connectivity index (χ1) is 13.5. The third kappa shape index (κ3) is 4.79. The third-order valence-electron chi connectivity index (χ3n) is 4.97. The van der Waals surface area contributed by atoms with E-state index in [1.165, 1.54) is 13.2 Å². The van der Waals surface area contributed by atoms with Crippen LogP contribution in [0.2, 0.25) is 0 Å². The maximum absolute atomic E-state index is 12.8. The van der Waals surface area contributed by atoms with Crippen molar-refractivity contribution in [2.75, 3.05) is 5.32 Å². The van der Waals surface area contributed by atoms with Gasteiger partial charge in [0.2, 0.25) is 11.8 Å². The van der Waals surface area contributed by atoms with E-state index in [0.717, 1.165) is 24.8 Å². The molecule has 0 aliphatic heterocycles. The first-order valence-corrected chi connectivity index (χ1v) is 9.49. The molecule has 148 valence electrons. The maximum Gasteiger partial charge on any atom is 0.291 e. The molecule has 7 nitrogen and oxygen atoms in total. The van der Waals surface area contributed by atoms with Gasteiger partial charge in [-0.1, -0.05) is 31.4 Å². The molecule has 1 aromatic heterocycles. The molecule has 1 aromatic carbocycles. The first-order valence-electron chi connectivity index (χ1n) is 9.49. The molecule has 0 atom stereocenters. The molecule has 1 aliphatic rings. The SMILES string of the molecule is CC(=O)NC1(C(=O)NCc2ccc(NC(=O)c3ccco3)cc2)CCCCC1. The van der Waals surface area contributed by atoms with Crippen LogP contribution in [0.1, 0.15) is 55.1 Å². The predicted octanol–water partition coefficient (Wildman–Crippen LogP) is 2.99. The second kappa shape index (κ2) is 8.73. The molecule has 1 saturated carbocycles. The van der Waals surface area contributed by atoms with Gasteiger partial charge in [0, 0.05) is 19.2 Å². The van der Waals surface area contributed by atoms with Crippen LogP contribution in [0.15, 0.2) is 47.1 Å². The fourth-order valence-corrected chi connectivity index (χ4v) is 3.56. The highest BCUT2D eigenvalue weighted by Crippen LogP contribution is 2.28. The molecule has 1 aliphatic carbocycles. The average molecular weight is 383 g/mol. The van der Waals surface area contributed by atoms with Crippen molar-refractivity contribution < 1.29 is 18.8 Å². The van der Waals surface area contributed by atoms with Crippen molar-refractivity contribution in [1.82, 2.24) is 10.6 Å². The van der Waals surface area contributed by atoms with Crippen LogP contribution in [0, 0.1) is 0 Å². The zero-order valence-corrected chi connectivity index (χ0v) is 15.9. The lowest BCUT2D eigenvalue weighted by Gasteiger charge is -2.36. The molecular formula is C21H25N3O4. The van der Waals surface area contributed by atoms with Gasteiger partial charge in [0.05, 0.1) is 6.26 Å². The fraction of sp³-hybridized carbons (Fsp3) is 0.381. The number of carbonyl (C=O) groups is 3. The molecule has 3 amide bonds. The van der Waals surface area contributed by atoms with Crippen LogP contribution in [-0.4, -0.2) is 23.3 Å². The van der Waals surface area contributed by atoms with Crippen LogP contribution in [0.5, 0.6) is 0 Å². The van der Waals surface area contributed by atoms with Gasteiger partial charge < -0.3 is 20.4 Å². The predicted molar refractivity (Wildman–Crippen MR) is 105 cm³/mol. The Morgan fingerprint density at radius 3 is 2.36 bits per heavy atom. The van der Waals surface area contributed by atoms with Crippen molar-refractivity contribution in [2.45, 2.75) is 51.1 Å². The summed E-state index contributed by atoms with van der Waals surface area (Å²) in [6.07, 6.45) is 5.71. The van der Waals surface area contributed by atoms with E-state index >= 15 is 0 Å². The molecule has 3 rings (SSSR count). The Balaban J connectivity index is 1.57. The first kappa shape index (κ1) is 19.7. The number of anilines is 1. The molecular weight excluding hydrogens is 358 g/mol. The van der Waals surface area contributed by atoms with Gasteiger partial charge >= 0.3 is 0 Å². The number of amides is 3. The van der Waals surface area contributed by atoms with E-state index in [9.17, 15) is 14.4 Å². The average Bonchev–Trinajstić information content (AvgIpc) is 3.22. The number of nitrogens with one attached hydrogen (secondary N) is 3. The van der Waals surface area contributed by atoms with Crippen molar-refractivity contribution >= 4 is 23.4 Å². The number of hydrogen-bond donors (Lipinski definition) is 3. The Kier molecular flexibility index (Phi) is 6.13. The van der Waals surface area contributed by atoms with Crippen molar-refractivity contribution in [1.29, 1.82) is 0 Å². The smallest absolute Gasteiger partial charge is 0.291 e. The van der Waals surface area contributed by atoms with Crippen LogP contribution in [-0.2, 0) is 16.1 Å². The molecule has 0 unspecified atom stereocenters. The summed E-state index contributed by atoms with van der Waals surface area (Å²) in [6.45, 7) is 1.80. The van der Waals surface area contributed by atoms with Crippen molar-refractivity contribution in [3.05, 3.63) is 54.0 Å². The summed E-state index contributed by atoms with van der Waals surface area (Å²) in [4.78, 5) is 36.3. The molecule has 0 radical (unpaired) electrons. The number of benzene rings is 1. The number of furan rings is 1.